The van der Waals surface area contributed by atoms with E-state index in [4.69, 9.17) is 6.42 Å². The fourth-order valence-electron chi connectivity index (χ4n) is 1.95. The molecule has 0 spiro atoms. The number of rotatable bonds is 4. The van der Waals surface area contributed by atoms with Gasteiger partial charge in [0.2, 0.25) is 11.8 Å². The van der Waals surface area contributed by atoms with Crippen molar-refractivity contribution in [1.29, 1.82) is 0 Å². The first-order chi connectivity index (χ1) is 7.96. The second kappa shape index (κ2) is 5.22. The Kier molecular flexibility index (Phi) is 4.17. The molecule has 0 bridgehead atoms. The fourth-order valence-corrected chi connectivity index (χ4v) is 1.95. The zero-order valence-corrected chi connectivity index (χ0v) is 10.7. The number of unbranched alkanes of at least 4 members (excludes halogenated alkanes) is 1. The van der Waals surface area contributed by atoms with Gasteiger partial charge in [-0.05, 0) is 26.7 Å². The van der Waals surface area contributed by atoms with Gasteiger partial charge in [-0.15, -0.1) is 12.3 Å². The first-order valence-electron chi connectivity index (χ1n) is 6.03. The van der Waals surface area contributed by atoms with Gasteiger partial charge in [-0.2, -0.15) is 0 Å². The Hall–Kier alpha value is -1.50. The molecule has 94 valence electrons. The third kappa shape index (κ3) is 2.60. The number of nitrogens with zero attached hydrogens (tertiary/aromatic N) is 1. The lowest BCUT2D eigenvalue weighted by Crippen LogP contribution is -2.68. The molecule has 1 rings (SSSR count). The zero-order valence-electron chi connectivity index (χ0n) is 10.7. The molecule has 4 nitrogen and oxygen atoms in total. The Morgan fingerprint density at radius 3 is 2.71 bits per heavy atom. The molecule has 0 aromatic carbocycles. The summed E-state index contributed by atoms with van der Waals surface area (Å²) in [5.41, 5.74) is -0.764. The largest absolute Gasteiger partial charge is 0.340 e. The second-order valence-corrected chi connectivity index (χ2v) is 4.66. The molecule has 4 heteroatoms. The Balaban J connectivity index is 2.81. The van der Waals surface area contributed by atoms with Crippen molar-refractivity contribution in [2.24, 2.45) is 0 Å². The Bertz CT molecular complexity index is 359. The van der Waals surface area contributed by atoms with Gasteiger partial charge in [-0.1, -0.05) is 6.92 Å². The SMILES string of the molecule is C#CCCCN1C(=O)C(C)(CC)NC(=O)C1C. The van der Waals surface area contributed by atoms with Crippen molar-refractivity contribution < 1.29 is 9.59 Å². The van der Waals surface area contributed by atoms with Crippen LogP contribution in [0.2, 0.25) is 0 Å². The zero-order chi connectivity index (χ0) is 13.1. The van der Waals surface area contributed by atoms with Crippen LogP contribution in [0.4, 0.5) is 0 Å². The van der Waals surface area contributed by atoms with E-state index in [1.165, 1.54) is 0 Å². The summed E-state index contributed by atoms with van der Waals surface area (Å²) in [5.74, 6) is 2.45. The monoisotopic (exact) mass is 236 g/mol. The number of hydrogen-bond donors (Lipinski definition) is 1. The summed E-state index contributed by atoms with van der Waals surface area (Å²) in [6, 6.07) is -0.403. The van der Waals surface area contributed by atoms with Crippen molar-refractivity contribution >= 4 is 11.8 Å². The van der Waals surface area contributed by atoms with Gasteiger partial charge in [-0.25, -0.2) is 0 Å². The number of hydrogen-bond acceptors (Lipinski definition) is 2. The predicted molar refractivity (Wildman–Crippen MR) is 66.1 cm³/mol. The topological polar surface area (TPSA) is 49.4 Å². The van der Waals surface area contributed by atoms with Crippen LogP contribution in [0.3, 0.4) is 0 Å². The molecule has 2 amide bonds. The normalized spacial score (nSPS) is 28.8. The maximum Gasteiger partial charge on any atom is 0.248 e. The molecule has 0 aromatic rings. The summed E-state index contributed by atoms with van der Waals surface area (Å²) in [7, 11) is 0. The summed E-state index contributed by atoms with van der Waals surface area (Å²) in [6.45, 7) is 5.96. The summed E-state index contributed by atoms with van der Waals surface area (Å²) >= 11 is 0. The third-order valence-electron chi connectivity index (χ3n) is 3.41. The number of carbonyl (C=O) groups is 2. The van der Waals surface area contributed by atoms with Crippen molar-refractivity contribution in [2.45, 2.75) is 51.6 Å². The molecular weight excluding hydrogens is 216 g/mol. The van der Waals surface area contributed by atoms with Crippen LogP contribution in [0.25, 0.3) is 0 Å². The van der Waals surface area contributed by atoms with Gasteiger partial charge < -0.3 is 10.2 Å². The molecule has 1 aliphatic heterocycles. The minimum Gasteiger partial charge on any atom is -0.340 e. The highest BCUT2D eigenvalue weighted by atomic mass is 16.2. The predicted octanol–water partition coefficient (Wildman–Crippen LogP) is 0.915. The molecule has 0 aliphatic carbocycles. The maximum absolute atomic E-state index is 12.3. The molecule has 2 unspecified atom stereocenters. The van der Waals surface area contributed by atoms with E-state index in [0.29, 0.717) is 19.4 Å². The van der Waals surface area contributed by atoms with Crippen LogP contribution in [0.5, 0.6) is 0 Å². The molecule has 1 saturated heterocycles. The van der Waals surface area contributed by atoms with Crippen LogP contribution in [0.1, 0.15) is 40.0 Å². The average Bonchev–Trinajstić information content (AvgIpc) is 2.31. The number of nitrogens with one attached hydrogen (secondary N) is 1. The van der Waals surface area contributed by atoms with Gasteiger partial charge in [-0.3, -0.25) is 9.59 Å². The van der Waals surface area contributed by atoms with Crippen LogP contribution in [-0.4, -0.2) is 34.8 Å². The van der Waals surface area contributed by atoms with Crippen LogP contribution in [0.15, 0.2) is 0 Å². The van der Waals surface area contributed by atoms with E-state index in [1.54, 1.807) is 18.7 Å². The molecule has 1 fully saturated rings. The van der Waals surface area contributed by atoms with E-state index in [-0.39, 0.29) is 11.8 Å². The molecule has 0 saturated carbocycles. The van der Waals surface area contributed by atoms with E-state index < -0.39 is 11.6 Å². The highest BCUT2D eigenvalue weighted by molar-refractivity contribution is 5.99. The van der Waals surface area contributed by atoms with Gasteiger partial charge in [0.25, 0.3) is 0 Å². The lowest BCUT2D eigenvalue weighted by Gasteiger charge is -2.43. The standard InChI is InChI=1S/C13H20N2O2/c1-5-7-8-9-15-10(3)11(16)14-13(4,6-2)12(15)17/h1,10H,6-9H2,2-4H3,(H,14,16). The van der Waals surface area contributed by atoms with Gasteiger partial charge in [0, 0.05) is 13.0 Å². The van der Waals surface area contributed by atoms with Crippen molar-refractivity contribution in [3.63, 3.8) is 0 Å². The molecule has 2 atom stereocenters. The van der Waals surface area contributed by atoms with Crippen molar-refractivity contribution in [1.82, 2.24) is 10.2 Å². The molecule has 1 heterocycles. The lowest BCUT2D eigenvalue weighted by molar-refractivity contribution is -0.153. The Morgan fingerprint density at radius 1 is 1.53 bits per heavy atom. The number of amides is 2. The molecule has 0 radical (unpaired) electrons. The molecule has 1 aliphatic rings. The molecule has 17 heavy (non-hydrogen) atoms. The Labute approximate surface area is 103 Å². The van der Waals surface area contributed by atoms with Crippen LogP contribution >= 0.6 is 0 Å². The van der Waals surface area contributed by atoms with Gasteiger partial charge in [0.05, 0.1) is 0 Å². The second-order valence-electron chi connectivity index (χ2n) is 4.66. The van der Waals surface area contributed by atoms with Gasteiger partial charge in [0.15, 0.2) is 0 Å². The van der Waals surface area contributed by atoms with Gasteiger partial charge >= 0.3 is 0 Å². The summed E-state index contributed by atoms with van der Waals surface area (Å²) in [4.78, 5) is 25.7. The highest BCUT2D eigenvalue weighted by Crippen LogP contribution is 2.21. The minimum absolute atomic E-state index is 0.0101. The van der Waals surface area contributed by atoms with Crippen LogP contribution < -0.4 is 5.32 Å². The summed E-state index contributed by atoms with van der Waals surface area (Å²) in [6.07, 6.45) is 7.14. The van der Waals surface area contributed by atoms with Crippen LogP contribution in [0, 0.1) is 12.3 Å². The quantitative estimate of drug-likeness (QED) is 0.583. The fraction of sp³-hybridized carbons (Fsp3) is 0.692. The van der Waals surface area contributed by atoms with Crippen molar-refractivity contribution in [3.05, 3.63) is 0 Å². The smallest absolute Gasteiger partial charge is 0.248 e. The Morgan fingerprint density at radius 2 is 2.18 bits per heavy atom. The van der Waals surface area contributed by atoms with E-state index in [2.05, 4.69) is 11.2 Å². The third-order valence-corrected chi connectivity index (χ3v) is 3.41. The minimum atomic E-state index is -0.764. The number of carbonyl (C=O) groups excluding carboxylic acids is 2. The first kappa shape index (κ1) is 13.6. The maximum atomic E-state index is 12.3. The average molecular weight is 236 g/mol. The van der Waals surface area contributed by atoms with E-state index in [9.17, 15) is 9.59 Å². The highest BCUT2D eigenvalue weighted by Gasteiger charge is 2.44. The number of piperazine rings is 1. The van der Waals surface area contributed by atoms with Gasteiger partial charge in [0.1, 0.15) is 11.6 Å². The van der Waals surface area contributed by atoms with Crippen molar-refractivity contribution in [3.8, 4) is 12.3 Å². The summed E-state index contributed by atoms with van der Waals surface area (Å²) in [5, 5.41) is 2.79. The summed E-state index contributed by atoms with van der Waals surface area (Å²) < 4.78 is 0. The van der Waals surface area contributed by atoms with E-state index in [0.717, 1.165) is 6.42 Å². The number of terminal acetylenes is 1. The molecular formula is C13H20N2O2. The molecule has 1 N–H and O–H groups in total. The van der Waals surface area contributed by atoms with Crippen LogP contribution in [-0.2, 0) is 9.59 Å². The van der Waals surface area contributed by atoms with E-state index in [1.807, 2.05) is 6.92 Å². The lowest BCUT2D eigenvalue weighted by atomic mass is 9.92. The molecule has 0 aromatic heterocycles. The first-order valence-corrected chi connectivity index (χ1v) is 6.03. The van der Waals surface area contributed by atoms with Crippen molar-refractivity contribution in [2.75, 3.05) is 6.54 Å². The van der Waals surface area contributed by atoms with E-state index >= 15 is 0 Å².